The molecule has 3 aromatic carbocycles. The van der Waals surface area contributed by atoms with Gasteiger partial charge in [-0.2, -0.15) is 0 Å². The lowest BCUT2D eigenvalue weighted by molar-refractivity contribution is 0.726. The first-order valence-electron chi connectivity index (χ1n) is 9.63. The summed E-state index contributed by atoms with van der Waals surface area (Å²) in [6, 6.07) is 25.8. The molecule has 2 aromatic heterocycles. The van der Waals surface area contributed by atoms with Crippen LogP contribution in [0.1, 0.15) is 11.1 Å². The van der Waals surface area contributed by atoms with Gasteiger partial charge >= 0.3 is 0 Å². The summed E-state index contributed by atoms with van der Waals surface area (Å²) in [6.07, 6.45) is 4.65. The minimum Gasteiger partial charge on any atom is -0.324 e. The molecule has 0 N–H and O–H groups in total. The fourth-order valence-electron chi connectivity index (χ4n) is 3.87. The highest BCUT2D eigenvalue weighted by molar-refractivity contribution is 5.85. The largest absolute Gasteiger partial charge is 0.324 e. The maximum absolute atomic E-state index is 4.89. The summed E-state index contributed by atoms with van der Waals surface area (Å²) in [5.74, 6) is 1.00. The second kappa shape index (κ2) is 6.93. The van der Waals surface area contributed by atoms with E-state index >= 15 is 0 Å². The molecule has 5 aromatic rings. The minimum absolute atomic E-state index is 0.873. The van der Waals surface area contributed by atoms with E-state index < -0.39 is 0 Å². The molecule has 0 unspecified atom stereocenters. The minimum atomic E-state index is 0.873. The number of pyridine rings is 1. The Balaban J connectivity index is 1.58. The SMILES string of the molecule is Cc1ccc(-c2nc3cnccc3n2CCc2cccc3ccccc23)cc1. The van der Waals surface area contributed by atoms with Gasteiger partial charge in [-0.05, 0) is 35.7 Å². The molecule has 0 fully saturated rings. The number of nitrogens with zero attached hydrogens (tertiary/aromatic N) is 3. The van der Waals surface area contributed by atoms with Crippen molar-refractivity contribution in [3.05, 3.63) is 96.3 Å². The van der Waals surface area contributed by atoms with Crippen LogP contribution in [0.15, 0.2) is 85.2 Å². The molecule has 0 aliphatic rings. The van der Waals surface area contributed by atoms with Crippen molar-refractivity contribution in [2.24, 2.45) is 0 Å². The monoisotopic (exact) mass is 363 g/mol. The average molecular weight is 363 g/mol. The molecule has 28 heavy (non-hydrogen) atoms. The predicted molar refractivity (Wildman–Crippen MR) is 115 cm³/mol. The molecule has 0 aliphatic heterocycles. The van der Waals surface area contributed by atoms with E-state index in [-0.39, 0.29) is 0 Å². The summed E-state index contributed by atoms with van der Waals surface area (Å²) in [5.41, 5.74) is 5.83. The first-order valence-corrected chi connectivity index (χ1v) is 9.63. The van der Waals surface area contributed by atoms with E-state index in [1.165, 1.54) is 21.9 Å². The number of aromatic nitrogens is 3. The predicted octanol–water partition coefficient (Wildman–Crippen LogP) is 5.80. The van der Waals surface area contributed by atoms with Crippen LogP contribution in [0.4, 0.5) is 0 Å². The summed E-state index contributed by atoms with van der Waals surface area (Å²) in [6.45, 7) is 2.98. The fraction of sp³-hybridized carbons (Fsp3) is 0.120. The Bertz CT molecular complexity index is 1260. The Morgan fingerprint density at radius 1 is 0.857 bits per heavy atom. The molecule has 0 radical (unpaired) electrons. The van der Waals surface area contributed by atoms with Crippen molar-refractivity contribution in [2.75, 3.05) is 0 Å². The van der Waals surface area contributed by atoms with Crippen LogP contribution in [0.3, 0.4) is 0 Å². The molecule has 136 valence electrons. The van der Waals surface area contributed by atoms with Gasteiger partial charge in [0.2, 0.25) is 0 Å². The Kier molecular flexibility index (Phi) is 4.13. The number of imidazole rings is 1. The first-order chi connectivity index (χ1) is 13.8. The third-order valence-corrected chi connectivity index (χ3v) is 5.34. The highest BCUT2D eigenvalue weighted by Gasteiger charge is 2.13. The van der Waals surface area contributed by atoms with Gasteiger partial charge in [0.15, 0.2) is 0 Å². The van der Waals surface area contributed by atoms with Crippen molar-refractivity contribution < 1.29 is 0 Å². The number of aryl methyl sites for hydroxylation is 3. The van der Waals surface area contributed by atoms with E-state index in [0.29, 0.717) is 0 Å². The average Bonchev–Trinajstić information content (AvgIpc) is 3.11. The van der Waals surface area contributed by atoms with Crippen molar-refractivity contribution in [3.63, 3.8) is 0 Å². The van der Waals surface area contributed by atoms with Gasteiger partial charge in [0, 0.05) is 18.3 Å². The molecule has 0 spiro atoms. The summed E-state index contributed by atoms with van der Waals surface area (Å²) < 4.78 is 2.32. The van der Waals surface area contributed by atoms with Gasteiger partial charge in [-0.25, -0.2) is 4.98 Å². The topological polar surface area (TPSA) is 30.7 Å². The zero-order chi connectivity index (χ0) is 18.9. The Labute approximate surface area is 164 Å². The number of fused-ring (bicyclic) bond motifs is 2. The number of hydrogen-bond donors (Lipinski definition) is 0. The molecule has 5 rings (SSSR count). The van der Waals surface area contributed by atoms with Crippen LogP contribution >= 0.6 is 0 Å². The Hall–Kier alpha value is -3.46. The molecular formula is C25H21N3. The highest BCUT2D eigenvalue weighted by atomic mass is 15.1. The maximum Gasteiger partial charge on any atom is 0.141 e. The zero-order valence-corrected chi connectivity index (χ0v) is 15.8. The lowest BCUT2D eigenvalue weighted by atomic mass is 10.0. The van der Waals surface area contributed by atoms with E-state index in [1.807, 2.05) is 12.4 Å². The number of rotatable bonds is 4. The third-order valence-electron chi connectivity index (χ3n) is 5.34. The molecule has 0 aliphatic carbocycles. The molecule has 0 saturated heterocycles. The van der Waals surface area contributed by atoms with E-state index in [9.17, 15) is 0 Å². The molecular weight excluding hydrogens is 342 g/mol. The van der Waals surface area contributed by atoms with Crippen LogP contribution in [-0.4, -0.2) is 14.5 Å². The summed E-state index contributed by atoms with van der Waals surface area (Å²) in [4.78, 5) is 9.15. The summed E-state index contributed by atoms with van der Waals surface area (Å²) in [5, 5.41) is 2.62. The molecule has 0 atom stereocenters. The van der Waals surface area contributed by atoms with Crippen LogP contribution in [0.2, 0.25) is 0 Å². The van der Waals surface area contributed by atoms with Crippen LogP contribution in [-0.2, 0) is 13.0 Å². The molecule has 3 heteroatoms. The van der Waals surface area contributed by atoms with Gasteiger partial charge in [-0.3, -0.25) is 4.98 Å². The van der Waals surface area contributed by atoms with Gasteiger partial charge in [0.25, 0.3) is 0 Å². The second-order valence-electron chi connectivity index (χ2n) is 7.21. The van der Waals surface area contributed by atoms with Gasteiger partial charge in [-0.1, -0.05) is 72.3 Å². The van der Waals surface area contributed by atoms with Crippen molar-refractivity contribution in [1.82, 2.24) is 14.5 Å². The van der Waals surface area contributed by atoms with Gasteiger partial charge in [-0.15, -0.1) is 0 Å². The van der Waals surface area contributed by atoms with Gasteiger partial charge in [0.05, 0.1) is 11.7 Å². The van der Waals surface area contributed by atoms with Gasteiger partial charge < -0.3 is 4.57 Å². The Morgan fingerprint density at radius 3 is 2.57 bits per heavy atom. The Morgan fingerprint density at radius 2 is 1.68 bits per heavy atom. The van der Waals surface area contributed by atoms with Crippen molar-refractivity contribution in [2.45, 2.75) is 19.9 Å². The van der Waals surface area contributed by atoms with Gasteiger partial charge in [0.1, 0.15) is 11.3 Å². The number of hydrogen-bond acceptors (Lipinski definition) is 2. The smallest absolute Gasteiger partial charge is 0.141 e. The van der Waals surface area contributed by atoms with E-state index in [2.05, 4.69) is 89.3 Å². The quantitative estimate of drug-likeness (QED) is 0.404. The fourth-order valence-corrected chi connectivity index (χ4v) is 3.87. The maximum atomic E-state index is 4.89. The molecule has 0 bridgehead atoms. The van der Waals surface area contributed by atoms with Crippen LogP contribution < -0.4 is 0 Å². The normalized spacial score (nSPS) is 11.3. The van der Waals surface area contributed by atoms with Crippen LogP contribution in [0.5, 0.6) is 0 Å². The summed E-state index contributed by atoms with van der Waals surface area (Å²) in [7, 11) is 0. The second-order valence-corrected chi connectivity index (χ2v) is 7.21. The standard InChI is InChI=1S/C25H21N3/c1-18-9-11-21(12-10-18)25-27-23-17-26-15-13-24(23)28(25)16-14-20-7-4-6-19-5-2-3-8-22(19)20/h2-13,15,17H,14,16H2,1H3. The van der Waals surface area contributed by atoms with Crippen molar-refractivity contribution >= 4 is 21.8 Å². The van der Waals surface area contributed by atoms with Crippen LogP contribution in [0, 0.1) is 6.92 Å². The van der Waals surface area contributed by atoms with Crippen molar-refractivity contribution in [1.29, 1.82) is 0 Å². The lowest BCUT2D eigenvalue weighted by Gasteiger charge is -2.11. The third kappa shape index (κ3) is 2.95. The number of benzene rings is 3. The summed E-state index contributed by atoms with van der Waals surface area (Å²) >= 11 is 0. The first kappa shape index (κ1) is 16.7. The lowest BCUT2D eigenvalue weighted by Crippen LogP contribution is -2.04. The van der Waals surface area contributed by atoms with E-state index in [0.717, 1.165) is 35.4 Å². The molecule has 0 amide bonds. The zero-order valence-electron chi connectivity index (χ0n) is 15.8. The van der Waals surface area contributed by atoms with E-state index in [1.54, 1.807) is 0 Å². The highest BCUT2D eigenvalue weighted by Crippen LogP contribution is 2.26. The molecule has 3 nitrogen and oxygen atoms in total. The van der Waals surface area contributed by atoms with Crippen LogP contribution in [0.25, 0.3) is 33.2 Å². The van der Waals surface area contributed by atoms with E-state index in [4.69, 9.17) is 4.98 Å². The molecule has 0 saturated carbocycles. The molecule has 2 heterocycles. The van der Waals surface area contributed by atoms with Crippen molar-refractivity contribution in [3.8, 4) is 11.4 Å².